The predicted octanol–water partition coefficient (Wildman–Crippen LogP) is 4.74. The second-order valence-electron chi connectivity index (χ2n) is 9.54. The highest BCUT2D eigenvalue weighted by atomic mass is 19.3. The summed E-state index contributed by atoms with van der Waals surface area (Å²) in [6.45, 7) is 1.93. The van der Waals surface area contributed by atoms with Crippen molar-refractivity contribution in [3.8, 4) is 11.5 Å². The van der Waals surface area contributed by atoms with Gasteiger partial charge in [0.2, 0.25) is 11.8 Å². The fourth-order valence-corrected chi connectivity index (χ4v) is 6.06. The Kier molecular flexibility index (Phi) is 5.35. The molecule has 0 unspecified atom stereocenters. The van der Waals surface area contributed by atoms with Crippen LogP contribution in [0.25, 0.3) is 0 Å². The minimum absolute atomic E-state index is 0.0181. The number of ether oxygens (including phenoxy) is 3. The Labute approximate surface area is 182 Å². The van der Waals surface area contributed by atoms with Gasteiger partial charge in [-0.2, -0.15) is 0 Å². The van der Waals surface area contributed by atoms with Gasteiger partial charge in [-0.3, -0.25) is 4.79 Å². The van der Waals surface area contributed by atoms with Gasteiger partial charge in [-0.25, -0.2) is 8.78 Å². The molecule has 1 aromatic carbocycles. The number of fused-ring (bicyclic) bond motifs is 4. The van der Waals surface area contributed by atoms with Crippen LogP contribution in [-0.4, -0.2) is 49.1 Å². The van der Waals surface area contributed by atoms with Crippen molar-refractivity contribution in [2.75, 3.05) is 26.8 Å². The molecule has 170 valence electrons. The SMILES string of the molecule is COc1cccc2c1OC1(CCN(C(=O)C3CCC(F)(F)CC3)CC1)[C@H]1CCCO[C@H]21. The van der Waals surface area contributed by atoms with E-state index in [0.717, 1.165) is 43.6 Å². The molecule has 0 bridgehead atoms. The normalized spacial score (nSPS) is 29.6. The second-order valence-corrected chi connectivity index (χ2v) is 9.54. The molecule has 31 heavy (non-hydrogen) atoms. The van der Waals surface area contributed by atoms with Gasteiger partial charge in [-0.15, -0.1) is 0 Å². The number of likely N-dealkylation sites (tertiary alicyclic amines) is 1. The molecular weight excluding hydrogens is 404 g/mol. The molecule has 0 N–H and O–H groups in total. The van der Waals surface area contributed by atoms with Crippen LogP contribution in [0.15, 0.2) is 18.2 Å². The van der Waals surface area contributed by atoms with E-state index >= 15 is 0 Å². The van der Waals surface area contributed by atoms with Gasteiger partial charge in [0.1, 0.15) is 5.60 Å². The Morgan fingerprint density at radius 3 is 2.58 bits per heavy atom. The number of piperidine rings is 1. The van der Waals surface area contributed by atoms with E-state index in [1.54, 1.807) is 7.11 Å². The topological polar surface area (TPSA) is 48.0 Å². The van der Waals surface area contributed by atoms with Crippen molar-refractivity contribution in [3.63, 3.8) is 0 Å². The van der Waals surface area contributed by atoms with Crippen LogP contribution in [0, 0.1) is 11.8 Å². The summed E-state index contributed by atoms with van der Waals surface area (Å²) in [5.74, 6) is -1.12. The third kappa shape index (κ3) is 3.69. The lowest BCUT2D eigenvalue weighted by molar-refractivity contribution is -0.160. The third-order valence-corrected chi connectivity index (χ3v) is 7.83. The zero-order valence-corrected chi connectivity index (χ0v) is 18.1. The van der Waals surface area contributed by atoms with Crippen LogP contribution in [0.4, 0.5) is 8.78 Å². The molecule has 3 heterocycles. The second kappa shape index (κ2) is 7.91. The molecule has 3 aliphatic heterocycles. The summed E-state index contributed by atoms with van der Waals surface area (Å²) in [4.78, 5) is 14.9. The maximum Gasteiger partial charge on any atom is 0.248 e. The van der Waals surface area contributed by atoms with Crippen LogP contribution < -0.4 is 9.47 Å². The van der Waals surface area contributed by atoms with E-state index in [4.69, 9.17) is 14.2 Å². The Morgan fingerprint density at radius 2 is 1.87 bits per heavy atom. The van der Waals surface area contributed by atoms with Crippen molar-refractivity contribution in [2.24, 2.45) is 11.8 Å². The third-order valence-electron chi connectivity index (χ3n) is 7.83. The van der Waals surface area contributed by atoms with Crippen LogP contribution in [0.5, 0.6) is 11.5 Å². The van der Waals surface area contributed by atoms with Crippen molar-refractivity contribution in [1.29, 1.82) is 0 Å². The fraction of sp³-hybridized carbons (Fsp3) is 0.708. The smallest absolute Gasteiger partial charge is 0.248 e. The van der Waals surface area contributed by atoms with Crippen LogP contribution >= 0.6 is 0 Å². The van der Waals surface area contributed by atoms with Gasteiger partial charge in [0.15, 0.2) is 11.5 Å². The van der Waals surface area contributed by atoms with Gasteiger partial charge in [0, 0.05) is 62.8 Å². The first-order valence-electron chi connectivity index (χ1n) is 11.6. The minimum atomic E-state index is -2.61. The van der Waals surface area contributed by atoms with E-state index in [0.29, 0.717) is 18.8 Å². The highest BCUT2D eigenvalue weighted by Crippen LogP contribution is 2.55. The van der Waals surface area contributed by atoms with Crippen molar-refractivity contribution >= 4 is 5.91 Å². The molecule has 7 heteroatoms. The summed E-state index contributed by atoms with van der Waals surface area (Å²) in [7, 11) is 1.65. The van der Waals surface area contributed by atoms with Gasteiger partial charge < -0.3 is 19.1 Å². The van der Waals surface area contributed by atoms with Crippen LogP contribution in [-0.2, 0) is 9.53 Å². The molecule has 0 radical (unpaired) electrons. The number of nitrogens with zero attached hydrogens (tertiary/aromatic N) is 1. The van der Waals surface area contributed by atoms with Crippen LogP contribution in [0.1, 0.15) is 63.0 Å². The average molecular weight is 436 g/mol. The maximum atomic E-state index is 13.5. The van der Waals surface area contributed by atoms with Gasteiger partial charge in [0.25, 0.3) is 0 Å². The number of carbonyl (C=O) groups is 1. The predicted molar refractivity (Wildman–Crippen MR) is 110 cm³/mol. The monoisotopic (exact) mass is 435 g/mol. The summed E-state index contributed by atoms with van der Waals surface area (Å²) in [5, 5.41) is 0. The van der Waals surface area contributed by atoms with E-state index in [2.05, 4.69) is 6.07 Å². The van der Waals surface area contributed by atoms with E-state index in [9.17, 15) is 13.6 Å². The maximum absolute atomic E-state index is 13.5. The number of alkyl halides is 2. The van der Waals surface area contributed by atoms with Crippen molar-refractivity contribution in [1.82, 2.24) is 4.90 Å². The zero-order valence-electron chi connectivity index (χ0n) is 18.1. The molecule has 3 fully saturated rings. The average Bonchev–Trinajstić information content (AvgIpc) is 2.79. The largest absolute Gasteiger partial charge is 0.493 e. The summed E-state index contributed by atoms with van der Waals surface area (Å²) in [5.41, 5.74) is 0.666. The first-order chi connectivity index (χ1) is 14.9. The number of amides is 1. The minimum Gasteiger partial charge on any atom is -0.493 e. The standard InChI is InChI=1S/C24H31F2NO4/c1-29-19-6-2-4-17-20-18(5-3-15-30-20)23(31-21(17)19)11-13-27(14-12-23)22(28)16-7-9-24(25,26)10-8-16/h2,4,6,16,18,20H,3,5,7-15H2,1H3/t18-,20+/m0/s1. The lowest BCUT2D eigenvalue weighted by Crippen LogP contribution is -2.58. The molecule has 1 saturated carbocycles. The molecule has 1 aliphatic carbocycles. The fourth-order valence-electron chi connectivity index (χ4n) is 6.06. The number of methoxy groups -OCH3 is 1. The number of halogens is 2. The first-order valence-corrected chi connectivity index (χ1v) is 11.6. The van der Waals surface area contributed by atoms with E-state index in [1.165, 1.54) is 0 Å². The van der Waals surface area contributed by atoms with Gasteiger partial charge in [-0.05, 0) is 31.7 Å². The number of para-hydroxylation sites is 1. The van der Waals surface area contributed by atoms with E-state index in [1.807, 2.05) is 17.0 Å². The summed E-state index contributed by atoms with van der Waals surface area (Å²) in [6, 6.07) is 5.95. The highest BCUT2D eigenvalue weighted by molar-refractivity contribution is 5.79. The quantitative estimate of drug-likeness (QED) is 0.673. The van der Waals surface area contributed by atoms with Crippen LogP contribution in [0.2, 0.25) is 0 Å². The summed E-state index contributed by atoms with van der Waals surface area (Å²) in [6.07, 6.45) is 3.69. The van der Waals surface area contributed by atoms with Crippen molar-refractivity contribution in [2.45, 2.75) is 69.0 Å². The molecule has 1 spiro atoms. The molecular formula is C24H31F2NO4. The molecule has 1 amide bonds. The molecule has 5 nitrogen and oxygen atoms in total. The number of benzene rings is 1. The Bertz CT molecular complexity index is 827. The Morgan fingerprint density at radius 1 is 1.13 bits per heavy atom. The first kappa shape index (κ1) is 21.0. The Balaban J connectivity index is 1.33. The van der Waals surface area contributed by atoms with Gasteiger partial charge in [0.05, 0.1) is 13.2 Å². The molecule has 5 rings (SSSR count). The molecule has 2 saturated heterocycles. The molecule has 4 aliphatic rings. The highest BCUT2D eigenvalue weighted by Gasteiger charge is 2.53. The van der Waals surface area contributed by atoms with E-state index < -0.39 is 5.92 Å². The lowest BCUT2D eigenvalue weighted by Gasteiger charge is -2.53. The van der Waals surface area contributed by atoms with Crippen molar-refractivity contribution in [3.05, 3.63) is 23.8 Å². The molecule has 1 aromatic rings. The zero-order chi connectivity index (χ0) is 21.6. The summed E-state index contributed by atoms with van der Waals surface area (Å²) < 4.78 is 45.5. The number of rotatable bonds is 2. The number of hydrogen-bond donors (Lipinski definition) is 0. The van der Waals surface area contributed by atoms with Gasteiger partial charge >= 0.3 is 0 Å². The lowest BCUT2D eigenvalue weighted by atomic mass is 9.69. The molecule has 2 atom stereocenters. The van der Waals surface area contributed by atoms with Crippen LogP contribution in [0.3, 0.4) is 0 Å². The number of carbonyl (C=O) groups excluding carboxylic acids is 1. The van der Waals surface area contributed by atoms with Gasteiger partial charge in [-0.1, -0.05) is 12.1 Å². The van der Waals surface area contributed by atoms with Crippen molar-refractivity contribution < 1.29 is 27.8 Å². The molecule has 0 aromatic heterocycles. The summed E-state index contributed by atoms with van der Waals surface area (Å²) >= 11 is 0. The van der Waals surface area contributed by atoms with E-state index in [-0.39, 0.29) is 55.1 Å². The Hall–Kier alpha value is -1.89. The number of hydrogen-bond acceptors (Lipinski definition) is 4.